The molecule has 0 radical (unpaired) electrons. The maximum Gasteiger partial charge on any atom is 0.0518 e. The summed E-state index contributed by atoms with van der Waals surface area (Å²) in [6, 6.07) is 12.0. The number of benzene rings is 1. The predicted molar refractivity (Wildman–Crippen MR) is 78.9 cm³/mol. The predicted octanol–water partition coefficient (Wildman–Crippen LogP) is 3.10. The van der Waals surface area contributed by atoms with E-state index in [2.05, 4.69) is 16.5 Å². The summed E-state index contributed by atoms with van der Waals surface area (Å²) in [4.78, 5) is 4.48. The minimum absolute atomic E-state index is 0.0503. The van der Waals surface area contributed by atoms with Crippen molar-refractivity contribution in [3.05, 3.63) is 63.9 Å². The summed E-state index contributed by atoms with van der Waals surface area (Å²) in [7, 11) is 0. The van der Waals surface area contributed by atoms with Crippen LogP contribution >= 0.6 is 11.6 Å². The molecule has 1 unspecified atom stereocenters. The van der Waals surface area contributed by atoms with E-state index >= 15 is 0 Å². The second-order valence-corrected chi connectivity index (χ2v) is 5.11. The molecular weight excluding hydrogens is 258 g/mol. The van der Waals surface area contributed by atoms with Crippen LogP contribution in [0.15, 0.2) is 36.4 Å². The molecule has 3 nitrogen and oxygen atoms in total. The molecule has 19 heavy (non-hydrogen) atoms. The van der Waals surface area contributed by atoms with Crippen LogP contribution in [0.3, 0.4) is 0 Å². The van der Waals surface area contributed by atoms with Crippen LogP contribution in [0.2, 0.25) is 5.02 Å². The fraction of sp³-hybridized carbons (Fsp3) is 0.267. The molecule has 4 heteroatoms. The maximum absolute atomic E-state index is 5.89. The van der Waals surface area contributed by atoms with Crippen molar-refractivity contribution < 1.29 is 0 Å². The lowest BCUT2D eigenvalue weighted by molar-refractivity contribution is 0.547. The third-order valence-corrected chi connectivity index (χ3v) is 3.45. The first-order chi connectivity index (χ1) is 9.10. The third-order valence-electron chi connectivity index (χ3n) is 3.20. The first-order valence-corrected chi connectivity index (χ1v) is 6.62. The van der Waals surface area contributed by atoms with E-state index in [1.807, 2.05) is 44.2 Å². The SMILES string of the molecule is Cc1ccc(C(Cc2ccc(Cl)cc2)NN)c(C)n1. The maximum atomic E-state index is 5.89. The van der Waals surface area contributed by atoms with Gasteiger partial charge in [0.05, 0.1) is 6.04 Å². The molecule has 1 aromatic carbocycles. The van der Waals surface area contributed by atoms with Crippen molar-refractivity contribution in [1.29, 1.82) is 0 Å². The van der Waals surface area contributed by atoms with E-state index in [1.165, 1.54) is 5.56 Å². The van der Waals surface area contributed by atoms with Crippen LogP contribution in [0.5, 0.6) is 0 Å². The average molecular weight is 276 g/mol. The zero-order valence-electron chi connectivity index (χ0n) is 11.2. The lowest BCUT2D eigenvalue weighted by Gasteiger charge is -2.18. The number of hydrogen-bond donors (Lipinski definition) is 2. The molecule has 100 valence electrons. The minimum Gasteiger partial charge on any atom is -0.271 e. The summed E-state index contributed by atoms with van der Waals surface area (Å²) >= 11 is 5.89. The molecule has 0 saturated carbocycles. The number of aromatic nitrogens is 1. The first kappa shape index (κ1) is 14.0. The number of halogens is 1. The Bertz CT molecular complexity index is 552. The molecule has 0 aliphatic rings. The van der Waals surface area contributed by atoms with Crippen LogP contribution in [0.4, 0.5) is 0 Å². The van der Waals surface area contributed by atoms with E-state index in [9.17, 15) is 0 Å². The molecule has 0 aliphatic carbocycles. The number of aryl methyl sites for hydroxylation is 2. The minimum atomic E-state index is 0.0503. The van der Waals surface area contributed by atoms with Crippen molar-refractivity contribution in [2.24, 2.45) is 5.84 Å². The number of pyridine rings is 1. The lowest BCUT2D eigenvalue weighted by Crippen LogP contribution is -2.30. The van der Waals surface area contributed by atoms with Gasteiger partial charge >= 0.3 is 0 Å². The Morgan fingerprint density at radius 1 is 1.16 bits per heavy atom. The molecule has 1 aromatic heterocycles. The number of nitrogens with zero attached hydrogens (tertiary/aromatic N) is 1. The van der Waals surface area contributed by atoms with Crippen LogP contribution in [-0.2, 0) is 6.42 Å². The monoisotopic (exact) mass is 275 g/mol. The van der Waals surface area contributed by atoms with Crippen molar-refractivity contribution in [2.75, 3.05) is 0 Å². The molecule has 2 aromatic rings. The summed E-state index contributed by atoms with van der Waals surface area (Å²) in [6.07, 6.45) is 0.805. The third kappa shape index (κ3) is 3.53. The van der Waals surface area contributed by atoms with Crippen LogP contribution in [0.25, 0.3) is 0 Å². The zero-order chi connectivity index (χ0) is 13.8. The lowest BCUT2D eigenvalue weighted by atomic mass is 9.98. The second kappa shape index (κ2) is 6.15. The number of rotatable bonds is 4. The summed E-state index contributed by atoms with van der Waals surface area (Å²) in [5.74, 6) is 5.69. The van der Waals surface area contributed by atoms with E-state index in [-0.39, 0.29) is 6.04 Å². The topological polar surface area (TPSA) is 50.9 Å². The van der Waals surface area contributed by atoms with E-state index in [1.54, 1.807) is 0 Å². The van der Waals surface area contributed by atoms with Gasteiger partial charge in [0, 0.05) is 16.4 Å². The van der Waals surface area contributed by atoms with E-state index < -0.39 is 0 Å². The normalized spacial score (nSPS) is 12.4. The summed E-state index contributed by atoms with van der Waals surface area (Å²) in [5, 5.41) is 0.745. The van der Waals surface area contributed by atoms with Crippen LogP contribution in [0.1, 0.15) is 28.6 Å². The molecule has 3 N–H and O–H groups in total. The van der Waals surface area contributed by atoms with Gasteiger partial charge in [-0.3, -0.25) is 16.3 Å². The zero-order valence-corrected chi connectivity index (χ0v) is 11.9. The Labute approximate surface area is 118 Å². The van der Waals surface area contributed by atoms with E-state index in [4.69, 9.17) is 17.4 Å². The van der Waals surface area contributed by atoms with Gasteiger partial charge in [0.25, 0.3) is 0 Å². The van der Waals surface area contributed by atoms with Crippen molar-refractivity contribution >= 4 is 11.6 Å². The summed E-state index contributed by atoms with van der Waals surface area (Å²) < 4.78 is 0. The molecule has 0 saturated heterocycles. The Hall–Kier alpha value is -1.42. The first-order valence-electron chi connectivity index (χ1n) is 6.25. The van der Waals surface area contributed by atoms with Crippen molar-refractivity contribution in [1.82, 2.24) is 10.4 Å². The fourth-order valence-corrected chi connectivity index (χ4v) is 2.31. The van der Waals surface area contributed by atoms with Crippen molar-refractivity contribution in [3.8, 4) is 0 Å². The molecule has 1 heterocycles. The number of nitrogens with one attached hydrogen (secondary N) is 1. The molecule has 1 atom stereocenters. The fourth-order valence-electron chi connectivity index (χ4n) is 2.18. The largest absolute Gasteiger partial charge is 0.271 e. The Morgan fingerprint density at radius 3 is 2.42 bits per heavy atom. The Kier molecular flexibility index (Phi) is 4.53. The summed E-state index contributed by atoms with van der Waals surface area (Å²) in [6.45, 7) is 4.00. The van der Waals surface area contributed by atoms with Gasteiger partial charge in [-0.2, -0.15) is 0 Å². The van der Waals surface area contributed by atoms with Gasteiger partial charge in [-0.15, -0.1) is 0 Å². The van der Waals surface area contributed by atoms with Gasteiger partial charge in [-0.1, -0.05) is 29.8 Å². The Balaban J connectivity index is 2.22. The highest BCUT2D eigenvalue weighted by Gasteiger charge is 2.13. The smallest absolute Gasteiger partial charge is 0.0518 e. The van der Waals surface area contributed by atoms with Crippen LogP contribution in [0, 0.1) is 13.8 Å². The van der Waals surface area contributed by atoms with Crippen LogP contribution < -0.4 is 11.3 Å². The molecular formula is C15H18ClN3. The molecule has 0 spiro atoms. The quantitative estimate of drug-likeness (QED) is 0.666. The van der Waals surface area contributed by atoms with Crippen molar-refractivity contribution in [3.63, 3.8) is 0 Å². The van der Waals surface area contributed by atoms with E-state index in [0.717, 1.165) is 28.4 Å². The van der Waals surface area contributed by atoms with Crippen LogP contribution in [-0.4, -0.2) is 4.98 Å². The molecule has 0 bridgehead atoms. The van der Waals surface area contributed by atoms with Crippen molar-refractivity contribution in [2.45, 2.75) is 26.3 Å². The number of hydrazine groups is 1. The second-order valence-electron chi connectivity index (χ2n) is 4.68. The van der Waals surface area contributed by atoms with Gasteiger partial charge in [0.15, 0.2) is 0 Å². The highest BCUT2D eigenvalue weighted by Crippen LogP contribution is 2.21. The highest BCUT2D eigenvalue weighted by atomic mass is 35.5. The Morgan fingerprint density at radius 2 is 1.84 bits per heavy atom. The summed E-state index contributed by atoms with van der Waals surface area (Å²) in [5.41, 5.74) is 7.21. The molecule has 2 rings (SSSR count). The average Bonchev–Trinajstić information content (AvgIpc) is 2.39. The standard InChI is InChI=1S/C15H18ClN3/c1-10-3-8-14(11(2)18-10)15(19-17)9-12-4-6-13(16)7-5-12/h3-8,15,19H,9,17H2,1-2H3. The molecule has 0 fully saturated rings. The van der Waals surface area contributed by atoms with Gasteiger partial charge < -0.3 is 0 Å². The molecule has 0 amide bonds. The van der Waals surface area contributed by atoms with Gasteiger partial charge in [0.2, 0.25) is 0 Å². The highest BCUT2D eigenvalue weighted by molar-refractivity contribution is 6.30. The van der Waals surface area contributed by atoms with E-state index in [0.29, 0.717) is 0 Å². The number of hydrogen-bond acceptors (Lipinski definition) is 3. The van der Waals surface area contributed by atoms with Gasteiger partial charge in [-0.25, -0.2) is 0 Å². The number of nitrogens with two attached hydrogens (primary N) is 1. The van der Waals surface area contributed by atoms with Gasteiger partial charge in [0.1, 0.15) is 0 Å². The van der Waals surface area contributed by atoms with Gasteiger partial charge in [-0.05, 0) is 49.6 Å². The molecule has 0 aliphatic heterocycles.